The van der Waals surface area contributed by atoms with E-state index >= 15 is 0 Å². The van der Waals surface area contributed by atoms with Gasteiger partial charge in [-0.1, -0.05) is 54.6 Å². The van der Waals surface area contributed by atoms with Crippen LogP contribution in [0, 0.1) is 0 Å². The van der Waals surface area contributed by atoms with Gasteiger partial charge in [-0.05, 0) is 36.4 Å². The summed E-state index contributed by atoms with van der Waals surface area (Å²) in [6.07, 6.45) is -8.90. The zero-order valence-electron chi connectivity index (χ0n) is 22.7. The lowest BCUT2D eigenvalue weighted by Crippen LogP contribution is -2.43. The van der Waals surface area contributed by atoms with Crippen LogP contribution < -0.4 is 11.2 Å². The maximum atomic E-state index is 13.7. The predicted octanol–water partition coefficient (Wildman–Crippen LogP) is 3.68. The molecule has 0 aliphatic carbocycles. The summed E-state index contributed by atoms with van der Waals surface area (Å²) < 4.78 is 50.7. The van der Waals surface area contributed by atoms with Crippen LogP contribution in [-0.2, 0) is 18.9 Å². The van der Waals surface area contributed by atoms with E-state index in [2.05, 4.69) is 0 Å². The molecule has 226 valence electrons. The Balaban J connectivity index is 1.55. The Labute approximate surface area is 247 Å². The summed E-state index contributed by atoms with van der Waals surface area (Å²) in [5.41, 5.74) is -3.15. The van der Waals surface area contributed by atoms with Crippen molar-refractivity contribution in [1.82, 2.24) is 9.55 Å². The second kappa shape index (κ2) is 13.3. The predicted molar refractivity (Wildman–Crippen MR) is 148 cm³/mol. The molecule has 0 unspecified atom stereocenters. The van der Waals surface area contributed by atoms with Crippen LogP contribution in [0.4, 0.5) is 8.78 Å². The standard InChI is InChI=1S/C31H24F2N2O9/c32-25(33)21-16-35(31(40)34-26(21)36)27-24(44-30(39)20-14-8-3-9-15-20)23(43-29(38)19-12-6-2-7-13-19)22(42-27)17-41-28(37)18-10-4-1-5-11-18/h1-16,22-25,27H,17H2,(H,34,36,40)/t22-,23-,24-,27-/m1/s1. The van der Waals surface area contributed by atoms with Crippen LogP contribution in [-0.4, -0.2) is 52.4 Å². The number of carbonyl (C=O) groups is 3. The first-order valence-electron chi connectivity index (χ1n) is 13.3. The summed E-state index contributed by atoms with van der Waals surface area (Å²) in [7, 11) is 0. The van der Waals surface area contributed by atoms with E-state index in [1.807, 2.05) is 0 Å². The SMILES string of the molecule is O=C(OC[C@H]1O[C@@H](n2cc(C(F)F)c(=O)[nH]c2=O)[C@H](OC(=O)c2ccccc2)[C@@H]1OC(=O)c1ccccc1)c1ccccc1. The molecular weight excluding hydrogens is 582 g/mol. The molecule has 0 amide bonds. The molecule has 0 spiro atoms. The van der Waals surface area contributed by atoms with E-state index in [1.54, 1.807) is 59.6 Å². The molecule has 4 atom stereocenters. The average Bonchev–Trinajstić information content (AvgIpc) is 3.36. The number of halogens is 2. The fourth-order valence-electron chi connectivity index (χ4n) is 4.53. The second-order valence-electron chi connectivity index (χ2n) is 9.55. The molecule has 1 fully saturated rings. The van der Waals surface area contributed by atoms with Crippen LogP contribution in [0.25, 0.3) is 0 Å². The molecule has 1 aliphatic heterocycles. The number of H-pyrrole nitrogens is 1. The van der Waals surface area contributed by atoms with Gasteiger partial charge in [0, 0.05) is 6.20 Å². The van der Waals surface area contributed by atoms with E-state index in [0.29, 0.717) is 10.8 Å². The third-order valence-corrected chi connectivity index (χ3v) is 6.68. The van der Waals surface area contributed by atoms with Crippen LogP contribution >= 0.6 is 0 Å². The molecular formula is C31H24F2N2O9. The molecule has 0 saturated carbocycles. The van der Waals surface area contributed by atoms with E-state index in [-0.39, 0.29) is 16.7 Å². The molecule has 5 rings (SSSR count). The van der Waals surface area contributed by atoms with Gasteiger partial charge in [0.2, 0.25) is 0 Å². The largest absolute Gasteiger partial charge is 0.459 e. The van der Waals surface area contributed by atoms with Crippen LogP contribution in [0.2, 0.25) is 0 Å². The third kappa shape index (κ3) is 6.63. The molecule has 0 radical (unpaired) electrons. The molecule has 1 N–H and O–H groups in total. The lowest BCUT2D eigenvalue weighted by atomic mass is 10.1. The number of ether oxygens (including phenoxy) is 4. The Morgan fingerprint density at radius 2 is 1.23 bits per heavy atom. The van der Waals surface area contributed by atoms with Crippen molar-refractivity contribution in [3.8, 4) is 0 Å². The molecule has 1 aliphatic rings. The number of nitrogens with zero attached hydrogens (tertiary/aromatic N) is 1. The highest BCUT2D eigenvalue weighted by Gasteiger charge is 2.52. The first-order chi connectivity index (χ1) is 21.2. The number of carbonyl (C=O) groups excluding carboxylic acids is 3. The summed E-state index contributed by atoms with van der Waals surface area (Å²) >= 11 is 0. The van der Waals surface area contributed by atoms with Crippen LogP contribution in [0.3, 0.4) is 0 Å². The molecule has 2 heterocycles. The number of esters is 3. The first kappa shape index (κ1) is 30.0. The van der Waals surface area contributed by atoms with Crippen molar-refractivity contribution in [1.29, 1.82) is 0 Å². The summed E-state index contributed by atoms with van der Waals surface area (Å²) in [5, 5.41) is 0. The van der Waals surface area contributed by atoms with E-state index in [0.717, 1.165) is 0 Å². The molecule has 1 saturated heterocycles. The minimum Gasteiger partial charge on any atom is -0.459 e. The van der Waals surface area contributed by atoms with Crippen molar-refractivity contribution in [2.75, 3.05) is 6.61 Å². The van der Waals surface area contributed by atoms with Crippen molar-refractivity contribution in [3.63, 3.8) is 0 Å². The van der Waals surface area contributed by atoms with Gasteiger partial charge in [-0.3, -0.25) is 14.3 Å². The van der Waals surface area contributed by atoms with E-state index in [1.165, 1.54) is 36.4 Å². The van der Waals surface area contributed by atoms with Gasteiger partial charge < -0.3 is 18.9 Å². The normalized spacial score (nSPS) is 19.3. The molecule has 44 heavy (non-hydrogen) atoms. The lowest BCUT2D eigenvalue weighted by Gasteiger charge is -2.25. The third-order valence-electron chi connectivity index (χ3n) is 6.68. The number of alkyl halides is 2. The van der Waals surface area contributed by atoms with Gasteiger partial charge >= 0.3 is 23.6 Å². The fraction of sp³-hybridized carbons (Fsp3) is 0.194. The Morgan fingerprint density at radius 3 is 1.73 bits per heavy atom. The van der Waals surface area contributed by atoms with Gasteiger partial charge in [0.1, 0.15) is 12.7 Å². The highest BCUT2D eigenvalue weighted by molar-refractivity contribution is 5.91. The van der Waals surface area contributed by atoms with Crippen molar-refractivity contribution in [3.05, 3.63) is 140 Å². The highest BCUT2D eigenvalue weighted by atomic mass is 19.3. The Kier molecular flexibility index (Phi) is 9.05. The smallest absolute Gasteiger partial charge is 0.338 e. The van der Waals surface area contributed by atoms with Gasteiger partial charge in [-0.25, -0.2) is 28.0 Å². The van der Waals surface area contributed by atoms with Crippen LogP contribution in [0.5, 0.6) is 0 Å². The summed E-state index contributed by atoms with van der Waals surface area (Å²) in [5.74, 6) is -2.55. The van der Waals surface area contributed by atoms with Gasteiger partial charge in [0.05, 0.1) is 22.3 Å². The summed E-state index contributed by atoms with van der Waals surface area (Å²) in [4.78, 5) is 65.7. The van der Waals surface area contributed by atoms with Crippen molar-refractivity contribution in [2.45, 2.75) is 31.0 Å². The van der Waals surface area contributed by atoms with E-state index in [4.69, 9.17) is 18.9 Å². The minimum atomic E-state index is -3.27. The summed E-state index contributed by atoms with van der Waals surface area (Å²) in [6, 6.07) is 23.4. The zero-order valence-corrected chi connectivity index (χ0v) is 22.7. The molecule has 3 aromatic carbocycles. The average molecular weight is 607 g/mol. The van der Waals surface area contributed by atoms with E-state index < -0.39 is 72.3 Å². The lowest BCUT2D eigenvalue weighted by molar-refractivity contribution is -0.0643. The number of aromatic amines is 1. The summed E-state index contributed by atoms with van der Waals surface area (Å²) in [6.45, 7) is -0.559. The molecule has 4 aromatic rings. The quantitative estimate of drug-likeness (QED) is 0.223. The minimum absolute atomic E-state index is 0.0837. The van der Waals surface area contributed by atoms with E-state index in [9.17, 15) is 32.8 Å². The topological polar surface area (TPSA) is 143 Å². The number of aromatic nitrogens is 2. The number of rotatable bonds is 9. The van der Waals surface area contributed by atoms with Crippen molar-refractivity contribution in [2.24, 2.45) is 0 Å². The first-order valence-corrected chi connectivity index (χ1v) is 13.3. The molecule has 1 aromatic heterocycles. The van der Waals surface area contributed by atoms with Gasteiger partial charge in [0.15, 0.2) is 18.4 Å². The molecule has 11 nitrogen and oxygen atoms in total. The Hall–Kier alpha value is -5.43. The van der Waals surface area contributed by atoms with Crippen LogP contribution in [0.1, 0.15) is 49.3 Å². The molecule has 13 heteroatoms. The van der Waals surface area contributed by atoms with Gasteiger partial charge in [0.25, 0.3) is 12.0 Å². The Morgan fingerprint density at radius 1 is 0.750 bits per heavy atom. The number of hydrogen-bond acceptors (Lipinski definition) is 9. The maximum absolute atomic E-state index is 13.7. The van der Waals surface area contributed by atoms with Gasteiger partial charge in [-0.2, -0.15) is 0 Å². The highest BCUT2D eigenvalue weighted by Crippen LogP contribution is 2.35. The van der Waals surface area contributed by atoms with Crippen molar-refractivity contribution < 1.29 is 42.1 Å². The maximum Gasteiger partial charge on any atom is 0.338 e. The second-order valence-corrected chi connectivity index (χ2v) is 9.55. The molecule has 0 bridgehead atoms. The van der Waals surface area contributed by atoms with Crippen molar-refractivity contribution >= 4 is 17.9 Å². The number of hydrogen-bond donors (Lipinski definition) is 1. The number of benzene rings is 3. The Bertz CT molecular complexity index is 1740. The van der Waals surface area contributed by atoms with Crippen LogP contribution in [0.15, 0.2) is 107 Å². The zero-order chi connectivity index (χ0) is 31.2. The van der Waals surface area contributed by atoms with Gasteiger partial charge in [-0.15, -0.1) is 0 Å². The monoisotopic (exact) mass is 606 g/mol. The number of nitrogens with one attached hydrogen (secondary N) is 1. The fourth-order valence-corrected chi connectivity index (χ4v) is 4.53.